The summed E-state index contributed by atoms with van der Waals surface area (Å²) in [5.74, 6) is 1.18. The van der Waals surface area contributed by atoms with Gasteiger partial charge in [0, 0.05) is 13.0 Å². The molecule has 0 fully saturated rings. The number of sulfonamides is 1. The molecule has 3 aromatic rings. The zero-order valence-corrected chi connectivity index (χ0v) is 16.0. The van der Waals surface area contributed by atoms with E-state index in [-0.39, 0.29) is 29.8 Å². The minimum absolute atomic E-state index is 0.0187. The SMILES string of the molecule is Cc1ccc(C(C)NC(=O)CCNS(=O)(=O)c2ccc3ccccc3c2)o1. The predicted molar refractivity (Wildman–Crippen MR) is 104 cm³/mol. The smallest absolute Gasteiger partial charge is 0.240 e. The first-order valence-electron chi connectivity index (χ1n) is 8.69. The number of fused-ring (bicyclic) bond motifs is 1. The van der Waals surface area contributed by atoms with Crippen molar-refractivity contribution in [1.82, 2.24) is 10.0 Å². The Morgan fingerprint density at radius 2 is 1.81 bits per heavy atom. The molecular weight excluding hydrogens is 364 g/mol. The molecular formula is C20H22N2O4S. The Morgan fingerprint density at radius 3 is 2.52 bits per heavy atom. The third kappa shape index (κ3) is 4.75. The number of amides is 1. The molecule has 2 N–H and O–H groups in total. The van der Waals surface area contributed by atoms with Gasteiger partial charge in [0.25, 0.3) is 0 Å². The highest BCUT2D eigenvalue weighted by atomic mass is 32.2. The Labute approximate surface area is 158 Å². The number of aryl methyl sites for hydroxylation is 1. The lowest BCUT2D eigenvalue weighted by molar-refractivity contribution is -0.121. The largest absolute Gasteiger partial charge is 0.464 e. The fourth-order valence-corrected chi connectivity index (χ4v) is 3.85. The minimum atomic E-state index is -3.67. The molecule has 27 heavy (non-hydrogen) atoms. The van der Waals surface area contributed by atoms with Crippen LogP contribution in [0, 0.1) is 6.92 Å². The Balaban J connectivity index is 1.55. The van der Waals surface area contributed by atoms with Crippen LogP contribution in [-0.2, 0) is 14.8 Å². The summed E-state index contributed by atoms with van der Waals surface area (Å²) >= 11 is 0. The molecule has 0 bridgehead atoms. The third-order valence-corrected chi connectivity index (χ3v) is 5.70. The summed E-state index contributed by atoms with van der Waals surface area (Å²) in [4.78, 5) is 12.2. The molecule has 0 aliphatic heterocycles. The summed E-state index contributed by atoms with van der Waals surface area (Å²) in [6, 6.07) is 15.9. The summed E-state index contributed by atoms with van der Waals surface area (Å²) in [5.41, 5.74) is 0. The van der Waals surface area contributed by atoms with Crippen molar-refractivity contribution in [3.05, 3.63) is 66.1 Å². The summed E-state index contributed by atoms with van der Waals surface area (Å²) in [6.45, 7) is 3.67. The summed E-state index contributed by atoms with van der Waals surface area (Å²) in [7, 11) is -3.67. The fraction of sp³-hybridized carbons (Fsp3) is 0.250. The van der Waals surface area contributed by atoms with E-state index in [0.29, 0.717) is 5.76 Å². The van der Waals surface area contributed by atoms with E-state index in [1.54, 1.807) is 18.2 Å². The van der Waals surface area contributed by atoms with Gasteiger partial charge < -0.3 is 9.73 Å². The van der Waals surface area contributed by atoms with Gasteiger partial charge in [-0.15, -0.1) is 0 Å². The van der Waals surface area contributed by atoms with Crippen LogP contribution >= 0.6 is 0 Å². The molecule has 1 heterocycles. The highest BCUT2D eigenvalue weighted by molar-refractivity contribution is 7.89. The minimum Gasteiger partial charge on any atom is -0.464 e. The van der Waals surface area contributed by atoms with E-state index in [0.717, 1.165) is 16.5 Å². The molecule has 0 aliphatic rings. The lowest BCUT2D eigenvalue weighted by atomic mass is 10.1. The average Bonchev–Trinajstić information content (AvgIpc) is 3.07. The normalized spacial score (nSPS) is 12.8. The standard InChI is InChI=1S/C20H22N2O4S/c1-14-7-10-19(26-14)15(2)22-20(23)11-12-21-27(24,25)18-9-8-16-5-3-4-6-17(16)13-18/h3-10,13,15,21H,11-12H2,1-2H3,(H,22,23). The van der Waals surface area contributed by atoms with Gasteiger partial charge in [-0.05, 0) is 48.9 Å². The lowest BCUT2D eigenvalue weighted by Crippen LogP contribution is -2.32. The van der Waals surface area contributed by atoms with Crippen molar-refractivity contribution in [2.75, 3.05) is 6.54 Å². The number of rotatable bonds is 7. The van der Waals surface area contributed by atoms with Crippen LogP contribution in [-0.4, -0.2) is 20.9 Å². The van der Waals surface area contributed by atoms with Gasteiger partial charge in [-0.3, -0.25) is 4.79 Å². The molecule has 0 radical (unpaired) electrons. The number of nitrogens with one attached hydrogen (secondary N) is 2. The van der Waals surface area contributed by atoms with Crippen molar-refractivity contribution in [3.63, 3.8) is 0 Å². The van der Waals surface area contributed by atoms with E-state index >= 15 is 0 Å². The van der Waals surface area contributed by atoms with Crippen LogP contribution in [0.4, 0.5) is 0 Å². The Hall–Kier alpha value is -2.64. The van der Waals surface area contributed by atoms with Crippen molar-refractivity contribution >= 4 is 26.7 Å². The Bertz CT molecular complexity index is 1060. The van der Waals surface area contributed by atoms with Crippen LogP contribution in [0.2, 0.25) is 0 Å². The number of furan rings is 1. The second-order valence-corrected chi connectivity index (χ2v) is 8.16. The maximum Gasteiger partial charge on any atom is 0.240 e. The van der Waals surface area contributed by atoms with Crippen LogP contribution in [0.3, 0.4) is 0 Å². The molecule has 3 rings (SSSR count). The Kier molecular flexibility index (Phi) is 5.62. The second kappa shape index (κ2) is 7.94. The number of carbonyl (C=O) groups is 1. The molecule has 1 aromatic heterocycles. The van der Waals surface area contributed by atoms with Crippen LogP contribution in [0.15, 0.2) is 63.9 Å². The Morgan fingerprint density at radius 1 is 1.07 bits per heavy atom. The third-order valence-electron chi connectivity index (χ3n) is 4.24. The lowest BCUT2D eigenvalue weighted by Gasteiger charge is -2.12. The number of benzene rings is 2. The molecule has 0 aliphatic carbocycles. The van der Waals surface area contributed by atoms with Gasteiger partial charge in [0.1, 0.15) is 11.5 Å². The van der Waals surface area contributed by atoms with E-state index in [9.17, 15) is 13.2 Å². The summed E-state index contributed by atoms with van der Waals surface area (Å²) in [5, 5.41) is 4.61. The molecule has 0 spiro atoms. The van der Waals surface area contributed by atoms with E-state index in [4.69, 9.17) is 4.42 Å². The van der Waals surface area contributed by atoms with Gasteiger partial charge in [0.2, 0.25) is 15.9 Å². The van der Waals surface area contributed by atoms with Crippen molar-refractivity contribution in [2.45, 2.75) is 31.2 Å². The molecule has 0 saturated heterocycles. The summed E-state index contributed by atoms with van der Waals surface area (Å²) in [6.07, 6.45) is 0.0385. The van der Waals surface area contributed by atoms with Gasteiger partial charge in [0.15, 0.2) is 0 Å². The van der Waals surface area contributed by atoms with Gasteiger partial charge in [-0.1, -0.05) is 30.3 Å². The highest BCUT2D eigenvalue weighted by Crippen LogP contribution is 2.19. The van der Waals surface area contributed by atoms with E-state index in [1.165, 1.54) is 0 Å². The van der Waals surface area contributed by atoms with Gasteiger partial charge in [-0.2, -0.15) is 0 Å². The highest BCUT2D eigenvalue weighted by Gasteiger charge is 2.16. The second-order valence-electron chi connectivity index (χ2n) is 6.39. The van der Waals surface area contributed by atoms with E-state index in [1.807, 2.05) is 50.2 Å². The first kappa shape index (κ1) is 19.1. The topological polar surface area (TPSA) is 88.4 Å². The van der Waals surface area contributed by atoms with Crippen LogP contribution in [0.25, 0.3) is 10.8 Å². The molecule has 0 saturated carbocycles. The van der Waals surface area contributed by atoms with Crippen LogP contribution in [0.1, 0.15) is 30.9 Å². The quantitative estimate of drug-likeness (QED) is 0.652. The zero-order chi connectivity index (χ0) is 19.4. The monoisotopic (exact) mass is 386 g/mol. The predicted octanol–water partition coefficient (Wildman–Crippen LogP) is 3.29. The van der Waals surface area contributed by atoms with Crippen LogP contribution < -0.4 is 10.0 Å². The van der Waals surface area contributed by atoms with Crippen molar-refractivity contribution in [3.8, 4) is 0 Å². The van der Waals surface area contributed by atoms with Crippen molar-refractivity contribution < 1.29 is 17.6 Å². The van der Waals surface area contributed by atoms with Crippen molar-refractivity contribution in [1.29, 1.82) is 0 Å². The number of carbonyl (C=O) groups excluding carboxylic acids is 1. The van der Waals surface area contributed by atoms with E-state index < -0.39 is 10.0 Å². The first-order chi connectivity index (χ1) is 12.8. The molecule has 142 valence electrons. The fourth-order valence-electron chi connectivity index (χ4n) is 2.79. The number of hydrogen-bond donors (Lipinski definition) is 2. The zero-order valence-electron chi connectivity index (χ0n) is 15.2. The summed E-state index contributed by atoms with van der Waals surface area (Å²) < 4.78 is 32.8. The van der Waals surface area contributed by atoms with E-state index in [2.05, 4.69) is 10.0 Å². The maximum atomic E-state index is 12.4. The first-order valence-corrected chi connectivity index (χ1v) is 10.2. The maximum absolute atomic E-state index is 12.4. The average molecular weight is 386 g/mol. The van der Waals surface area contributed by atoms with Crippen molar-refractivity contribution in [2.24, 2.45) is 0 Å². The molecule has 1 unspecified atom stereocenters. The van der Waals surface area contributed by atoms with Gasteiger partial charge in [0.05, 0.1) is 10.9 Å². The van der Waals surface area contributed by atoms with Gasteiger partial charge in [-0.25, -0.2) is 13.1 Å². The van der Waals surface area contributed by atoms with Crippen LogP contribution in [0.5, 0.6) is 0 Å². The molecule has 1 atom stereocenters. The number of hydrogen-bond acceptors (Lipinski definition) is 4. The molecule has 1 amide bonds. The molecule has 6 nitrogen and oxygen atoms in total. The molecule has 2 aromatic carbocycles. The van der Waals surface area contributed by atoms with Gasteiger partial charge >= 0.3 is 0 Å². The molecule has 7 heteroatoms.